The highest BCUT2D eigenvalue weighted by Crippen LogP contribution is 2.36. The Labute approximate surface area is 171 Å². The van der Waals surface area contributed by atoms with Crippen molar-refractivity contribution in [3.05, 3.63) is 0 Å². The van der Waals surface area contributed by atoms with Crippen molar-refractivity contribution < 1.29 is 28.6 Å². The summed E-state index contributed by atoms with van der Waals surface area (Å²) in [5.41, 5.74) is -0.628. The lowest BCUT2D eigenvalue weighted by Crippen LogP contribution is -2.46. The predicted octanol–water partition coefficient (Wildman–Crippen LogP) is 4.00. The molecule has 0 aliphatic heterocycles. The fraction of sp³-hybridized carbons (Fsp3) is 0.900. The first kappa shape index (κ1) is 26.9. The van der Waals surface area contributed by atoms with Crippen molar-refractivity contribution in [1.82, 2.24) is 5.32 Å². The second-order valence-corrected chi connectivity index (χ2v) is 14.5. The first-order valence-corrected chi connectivity index (χ1v) is 12.9. The van der Waals surface area contributed by atoms with Gasteiger partial charge in [0.15, 0.2) is 8.32 Å². The lowest BCUT2D eigenvalue weighted by molar-refractivity contribution is -0.141. The molecule has 0 heterocycles. The van der Waals surface area contributed by atoms with E-state index in [0.717, 1.165) is 0 Å². The molecule has 2 atom stereocenters. The van der Waals surface area contributed by atoms with Crippen LogP contribution in [-0.2, 0) is 18.7 Å². The van der Waals surface area contributed by atoms with Crippen LogP contribution in [0.3, 0.4) is 0 Å². The van der Waals surface area contributed by atoms with Crippen molar-refractivity contribution in [1.29, 1.82) is 0 Å². The zero-order valence-corrected chi connectivity index (χ0v) is 20.2. The van der Waals surface area contributed by atoms with Gasteiger partial charge < -0.3 is 24.3 Å². The molecule has 1 amide bonds. The van der Waals surface area contributed by atoms with Gasteiger partial charge in [-0.05, 0) is 58.2 Å². The minimum atomic E-state index is -1.84. The van der Waals surface area contributed by atoms with Crippen LogP contribution in [0, 0.1) is 0 Å². The van der Waals surface area contributed by atoms with E-state index in [1.165, 1.54) is 7.11 Å². The molecule has 0 aliphatic carbocycles. The standard InChI is InChI=1S/C20H41NO6Si/c1-19(2,3)27-18(24)21-15(16(22)12-13-17(23)25-7)11-10-14-26-28(8,9)20(4,5)6/h15-16,22H,10-14H2,1-9H3,(H,21,24)/t15-,16+/m0/s1. The molecule has 0 bridgehead atoms. The van der Waals surface area contributed by atoms with Crippen molar-refractivity contribution in [2.24, 2.45) is 0 Å². The quantitative estimate of drug-likeness (QED) is 0.316. The Morgan fingerprint density at radius 1 is 1.07 bits per heavy atom. The molecular weight excluding hydrogens is 378 g/mol. The second-order valence-electron chi connectivity index (χ2n) is 9.69. The minimum Gasteiger partial charge on any atom is -0.469 e. The molecule has 0 aromatic carbocycles. The Morgan fingerprint density at radius 2 is 1.64 bits per heavy atom. The molecular formula is C20H41NO6Si. The van der Waals surface area contributed by atoms with Crippen molar-refractivity contribution >= 4 is 20.4 Å². The van der Waals surface area contributed by atoms with E-state index in [1.807, 2.05) is 0 Å². The zero-order valence-electron chi connectivity index (χ0n) is 19.2. The number of amides is 1. The van der Waals surface area contributed by atoms with Crippen LogP contribution in [0.15, 0.2) is 0 Å². The largest absolute Gasteiger partial charge is 0.469 e. The van der Waals surface area contributed by atoms with E-state index < -0.39 is 38.1 Å². The van der Waals surface area contributed by atoms with Crippen molar-refractivity contribution in [2.45, 2.75) is 103 Å². The molecule has 0 radical (unpaired) electrons. The van der Waals surface area contributed by atoms with Gasteiger partial charge in [-0.3, -0.25) is 4.79 Å². The van der Waals surface area contributed by atoms with E-state index in [2.05, 4.69) is 43.9 Å². The lowest BCUT2D eigenvalue weighted by Gasteiger charge is -2.36. The first-order chi connectivity index (χ1) is 12.6. The third-order valence-corrected chi connectivity index (χ3v) is 9.51. The van der Waals surface area contributed by atoms with E-state index in [4.69, 9.17) is 9.16 Å². The van der Waals surface area contributed by atoms with Crippen LogP contribution in [0.4, 0.5) is 4.79 Å². The Bertz CT molecular complexity index is 496. The molecule has 166 valence electrons. The van der Waals surface area contributed by atoms with Crippen LogP contribution in [-0.4, -0.2) is 57.0 Å². The average Bonchev–Trinajstić information content (AvgIpc) is 2.52. The Kier molecular flexibility index (Phi) is 10.7. The average molecular weight is 420 g/mol. The number of esters is 1. The second kappa shape index (κ2) is 11.2. The third kappa shape index (κ3) is 11.0. The first-order valence-electron chi connectivity index (χ1n) is 9.97. The molecule has 7 nitrogen and oxygen atoms in total. The number of aliphatic hydroxyl groups excluding tert-OH is 1. The maximum absolute atomic E-state index is 12.1. The van der Waals surface area contributed by atoms with Crippen molar-refractivity contribution in [3.8, 4) is 0 Å². The van der Waals surface area contributed by atoms with E-state index in [1.54, 1.807) is 20.8 Å². The van der Waals surface area contributed by atoms with Gasteiger partial charge in [0.25, 0.3) is 0 Å². The summed E-state index contributed by atoms with van der Waals surface area (Å²) in [7, 11) is -0.530. The lowest BCUT2D eigenvalue weighted by atomic mass is 10.0. The molecule has 28 heavy (non-hydrogen) atoms. The Balaban J connectivity index is 4.79. The number of rotatable bonds is 10. The zero-order chi connectivity index (χ0) is 22.2. The third-order valence-electron chi connectivity index (χ3n) is 4.97. The summed E-state index contributed by atoms with van der Waals surface area (Å²) in [6.45, 7) is 16.8. The van der Waals surface area contributed by atoms with E-state index >= 15 is 0 Å². The summed E-state index contributed by atoms with van der Waals surface area (Å²) in [4.78, 5) is 23.5. The molecule has 0 saturated heterocycles. The van der Waals surface area contributed by atoms with Gasteiger partial charge in [-0.2, -0.15) is 0 Å². The minimum absolute atomic E-state index is 0.0879. The number of alkyl carbamates (subject to hydrolysis) is 1. The fourth-order valence-corrected chi connectivity index (χ4v) is 3.32. The maximum atomic E-state index is 12.1. The summed E-state index contributed by atoms with van der Waals surface area (Å²) in [5.74, 6) is -0.392. The highest BCUT2D eigenvalue weighted by molar-refractivity contribution is 6.74. The summed E-state index contributed by atoms with van der Waals surface area (Å²) in [6, 6.07) is -0.525. The van der Waals surface area contributed by atoms with Crippen LogP contribution in [0.25, 0.3) is 0 Å². The van der Waals surface area contributed by atoms with Gasteiger partial charge in [0.1, 0.15) is 5.60 Å². The summed E-state index contributed by atoms with van der Waals surface area (Å²) < 4.78 is 16.1. The van der Waals surface area contributed by atoms with Crippen LogP contribution in [0.2, 0.25) is 18.1 Å². The van der Waals surface area contributed by atoms with Crippen LogP contribution in [0.1, 0.15) is 67.2 Å². The molecule has 0 saturated carbocycles. The molecule has 8 heteroatoms. The van der Waals surface area contributed by atoms with Crippen molar-refractivity contribution in [3.63, 3.8) is 0 Å². The summed E-state index contributed by atoms with van der Waals surface area (Å²) in [5, 5.41) is 13.3. The van der Waals surface area contributed by atoms with Gasteiger partial charge in [-0.25, -0.2) is 4.79 Å². The molecule has 0 unspecified atom stereocenters. The fourth-order valence-electron chi connectivity index (χ4n) is 2.24. The van der Waals surface area contributed by atoms with Gasteiger partial charge in [0, 0.05) is 13.0 Å². The van der Waals surface area contributed by atoms with E-state index in [9.17, 15) is 14.7 Å². The van der Waals surface area contributed by atoms with E-state index in [0.29, 0.717) is 19.4 Å². The number of carbonyl (C=O) groups excluding carboxylic acids is 2. The number of hydrogen-bond acceptors (Lipinski definition) is 6. The highest BCUT2D eigenvalue weighted by Gasteiger charge is 2.37. The molecule has 0 fully saturated rings. The topological polar surface area (TPSA) is 94.1 Å². The number of aliphatic hydroxyl groups is 1. The molecule has 0 aromatic rings. The van der Waals surface area contributed by atoms with Gasteiger partial charge in [-0.15, -0.1) is 0 Å². The predicted molar refractivity (Wildman–Crippen MR) is 113 cm³/mol. The van der Waals surface area contributed by atoms with Gasteiger partial charge >= 0.3 is 12.1 Å². The Hall–Kier alpha value is -1.12. The SMILES string of the molecule is COC(=O)CC[C@@H](O)[C@H](CCCO[Si](C)(C)C(C)(C)C)NC(=O)OC(C)(C)C. The van der Waals surface area contributed by atoms with Crippen LogP contribution < -0.4 is 5.32 Å². The van der Waals surface area contributed by atoms with Gasteiger partial charge in [-0.1, -0.05) is 20.8 Å². The van der Waals surface area contributed by atoms with Gasteiger partial charge in [0.05, 0.1) is 19.3 Å². The Morgan fingerprint density at radius 3 is 2.11 bits per heavy atom. The highest BCUT2D eigenvalue weighted by atomic mass is 28.4. The molecule has 2 N–H and O–H groups in total. The number of ether oxygens (including phenoxy) is 2. The van der Waals surface area contributed by atoms with Crippen molar-refractivity contribution in [2.75, 3.05) is 13.7 Å². The molecule has 0 rings (SSSR count). The number of nitrogens with one attached hydrogen (secondary N) is 1. The number of hydrogen-bond donors (Lipinski definition) is 2. The maximum Gasteiger partial charge on any atom is 0.407 e. The van der Waals surface area contributed by atoms with Gasteiger partial charge in [0.2, 0.25) is 0 Å². The monoisotopic (exact) mass is 419 g/mol. The molecule has 0 spiro atoms. The number of methoxy groups -OCH3 is 1. The van der Waals surface area contributed by atoms with Crippen LogP contribution >= 0.6 is 0 Å². The normalized spacial score (nSPS) is 14.9. The van der Waals surface area contributed by atoms with Crippen LogP contribution in [0.5, 0.6) is 0 Å². The molecule has 0 aliphatic rings. The number of carbonyl (C=O) groups is 2. The smallest absolute Gasteiger partial charge is 0.407 e. The summed E-state index contributed by atoms with van der Waals surface area (Å²) in [6.07, 6.45) is 0.0405. The summed E-state index contributed by atoms with van der Waals surface area (Å²) >= 11 is 0. The molecule has 0 aromatic heterocycles. The van der Waals surface area contributed by atoms with E-state index in [-0.39, 0.29) is 17.9 Å².